The molecule has 0 fully saturated rings. The quantitative estimate of drug-likeness (QED) is 0.489. The molecule has 148 valence electrons. The summed E-state index contributed by atoms with van der Waals surface area (Å²) >= 11 is 0. The molecule has 1 amide bonds. The summed E-state index contributed by atoms with van der Waals surface area (Å²) < 4.78 is 14.6. The van der Waals surface area contributed by atoms with Crippen LogP contribution in [0.4, 0.5) is 15.8 Å². The van der Waals surface area contributed by atoms with Crippen molar-refractivity contribution in [2.45, 2.75) is 25.7 Å². The van der Waals surface area contributed by atoms with Crippen LogP contribution in [0.25, 0.3) is 10.9 Å². The fraction of sp³-hybridized carbons (Fsp3) is 0.200. The van der Waals surface area contributed by atoms with Gasteiger partial charge in [0.2, 0.25) is 0 Å². The van der Waals surface area contributed by atoms with Crippen LogP contribution in [0.3, 0.4) is 0 Å². The molecule has 0 bridgehead atoms. The highest BCUT2D eigenvalue weighted by atomic mass is 19.1. The van der Waals surface area contributed by atoms with Crippen molar-refractivity contribution in [2.24, 2.45) is 0 Å². The summed E-state index contributed by atoms with van der Waals surface area (Å²) in [6, 6.07) is 12.1. The van der Waals surface area contributed by atoms with E-state index in [0.29, 0.717) is 10.9 Å². The highest BCUT2D eigenvalue weighted by Gasteiger charge is 2.32. The number of nitriles is 1. The van der Waals surface area contributed by atoms with Crippen LogP contribution in [0.1, 0.15) is 18.1 Å². The first-order valence-electron chi connectivity index (χ1n) is 8.62. The van der Waals surface area contributed by atoms with Crippen molar-refractivity contribution in [3.05, 3.63) is 69.9 Å². The Morgan fingerprint density at radius 1 is 1.38 bits per heavy atom. The fourth-order valence-electron chi connectivity index (χ4n) is 3.06. The standard InChI is InChI=1S/C20H17FN4O4/c1-20(27,19(26)23-15-6-5-13(11-22)14(9-15)10-21)12-24-8-7-16-17(24)3-2-4-18(16)25(28)29/h2-9,27H,10,12H2,1H3,(H,23,26)/t20-/m0/s1. The zero-order chi connectivity index (χ0) is 21.2. The number of nitrogens with zero attached hydrogens (tertiary/aromatic N) is 3. The lowest BCUT2D eigenvalue weighted by Gasteiger charge is -2.23. The number of non-ortho nitro benzene ring substituents is 1. The smallest absolute Gasteiger partial charge is 0.278 e. The topological polar surface area (TPSA) is 121 Å². The molecule has 0 aliphatic rings. The number of nitrogens with one attached hydrogen (secondary N) is 1. The van der Waals surface area contributed by atoms with Gasteiger partial charge in [-0.2, -0.15) is 5.26 Å². The number of alkyl halides is 1. The highest BCUT2D eigenvalue weighted by molar-refractivity contribution is 5.97. The number of amides is 1. The summed E-state index contributed by atoms with van der Waals surface area (Å²) in [6.45, 7) is 0.290. The molecule has 2 N–H and O–H groups in total. The molecular weight excluding hydrogens is 379 g/mol. The number of anilines is 1. The van der Waals surface area contributed by atoms with E-state index in [9.17, 15) is 24.4 Å². The second-order valence-corrected chi connectivity index (χ2v) is 6.76. The summed E-state index contributed by atoms with van der Waals surface area (Å²) in [5.74, 6) is -0.737. The van der Waals surface area contributed by atoms with E-state index < -0.39 is 23.1 Å². The summed E-state index contributed by atoms with van der Waals surface area (Å²) in [4.78, 5) is 23.2. The van der Waals surface area contributed by atoms with Gasteiger partial charge >= 0.3 is 0 Å². The second kappa shape index (κ2) is 7.69. The number of carbonyl (C=O) groups excluding carboxylic acids is 1. The molecule has 29 heavy (non-hydrogen) atoms. The molecule has 0 aliphatic heterocycles. The van der Waals surface area contributed by atoms with Gasteiger partial charge in [0.25, 0.3) is 11.6 Å². The average Bonchev–Trinajstić information content (AvgIpc) is 3.09. The zero-order valence-electron chi connectivity index (χ0n) is 15.4. The molecular formula is C20H17FN4O4. The number of rotatable bonds is 6. The van der Waals surface area contributed by atoms with Gasteiger partial charge in [-0.1, -0.05) is 6.07 Å². The average molecular weight is 396 g/mol. The lowest BCUT2D eigenvalue weighted by atomic mass is 10.0. The minimum Gasteiger partial charge on any atom is -0.378 e. The van der Waals surface area contributed by atoms with Crippen LogP contribution in [0, 0.1) is 21.4 Å². The first-order chi connectivity index (χ1) is 13.8. The minimum absolute atomic E-state index is 0.0679. The molecule has 0 unspecified atom stereocenters. The van der Waals surface area contributed by atoms with E-state index in [-0.39, 0.29) is 29.0 Å². The Morgan fingerprint density at radius 3 is 2.79 bits per heavy atom. The third-order valence-electron chi connectivity index (χ3n) is 4.58. The number of benzene rings is 2. The molecule has 2 aromatic carbocycles. The molecule has 0 aliphatic carbocycles. The fourth-order valence-corrected chi connectivity index (χ4v) is 3.06. The Labute approximate surface area is 164 Å². The Balaban J connectivity index is 1.84. The van der Waals surface area contributed by atoms with Crippen LogP contribution in [-0.2, 0) is 18.0 Å². The van der Waals surface area contributed by atoms with Crippen molar-refractivity contribution in [3.63, 3.8) is 0 Å². The molecule has 0 radical (unpaired) electrons. The zero-order valence-corrected chi connectivity index (χ0v) is 15.4. The molecule has 0 saturated heterocycles. The van der Waals surface area contributed by atoms with Gasteiger partial charge in [0.1, 0.15) is 6.67 Å². The third kappa shape index (κ3) is 3.93. The van der Waals surface area contributed by atoms with Gasteiger partial charge in [-0.25, -0.2) is 4.39 Å². The molecule has 8 nitrogen and oxygen atoms in total. The monoisotopic (exact) mass is 396 g/mol. The van der Waals surface area contributed by atoms with E-state index in [0.717, 1.165) is 0 Å². The van der Waals surface area contributed by atoms with Gasteiger partial charge in [-0.05, 0) is 37.3 Å². The number of hydrogen-bond donors (Lipinski definition) is 2. The highest BCUT2D eigenvalue weighted by Crippen LogP contribution is 2.27. The normalized spacial score (nSPS) is 12.9. The van der Waals surface area contributed by atoms with E-state index in [1.54, 1.807) is 22.9 Å². The maximum absolute atomic E-state index is 13.0. The molecule has 3 aromatic rings. The summed E-state index contributed by atoms with van der Waals surface area (Å²) in [5, 5.41) is 33.7. The number of nitro groups is 1. The largest absolute Gasteiger partial charge is 0.378 e. The third-order valence-corrected chi connectivity index (χ3v) is 4.58. The van der Waals surface area contributed by atoms with Crippen molar-refractivity contribution < 1.29 is 19.2 Å². The van der Waals surface area contributed by atoms with E-state index >= 15 is 0 Å². The van der Waals surface area contributed by atoms with Gasteiger partial charge in [0, 0.05) is 23.5 Å². The van der Waals surface area contributed by atoms with Gasteiger partial charge in [0.05, 0.1) is 34.0 Å². The Kier molecular flexibility index (Phi) is 5.30. The Morgan fingerprint density at radius 2 is 2.14 bits per heavy atom. The first kappa shape index (κ1) is 20.0. The van der Waals surface area contributed by atoms with Crippen molar-refractivity contribution in [1.29, 1.82) is 5.26 Å². The predicted molar refractivity (Wildman–Crippen MR) is 104 cm³/mol. The molecule has 3 rings (SSSR count). The summed E-state index contributed by atoms with van der Waals surface area (Å²) in [7, 11) is 0. The van der Waals surface area contributed by atoms with Crippen molar-refractivity contribution >= 4 is 28.2 Å². The molecule has 9 heteroatoms. The van der Waals surface area contributed by atoms with Crippen LogP contribution in [0.2, 0.25) is 0 Å². The Bertz CT molecular complexity index is 1150. The maximum Gasteiger partial charge on any atom is 0.278 e. The number of aromatic nitrogens is 1. The molecule has 1 aromatic heterocycles. The number of nitro benzene ring substituents is 1. The number of hydrogen-bond acceptors (Lipinski definition) is 5. The number of aliphatic hydroxyl groups is 1. The van der Waals surface area contributed by atoms with Crippen molar-refractivity contribution in [3.8, 4) is 6.07 Å². The van der Waals surface area contributed by atoms with Gasteiger partial charge in [0.15, 0.2) is 5.60 Å². The summed E-state index contributed by atoms with van der Waals surface area (Å²) in [6.07, 6.45) is 1.56. The molecule has 0 saturated carbocycles. The first-order valence-corrected chi connectivity index (χ1v) is 8.62. The van der Waals surface area contributed by atoms with Gasteiger partial charge < -0.3 is 15.0 Å². The van der Waals surface area contributed by atoms with Crippen molar-refractivity contribution in [2.75, 3.05) is 5.32 Å². The van der Waals surface area contributed by atoms with Crippen LogP contribution < -0.4 is 5.32 Å². The van der Waals surface area contributed by atoms with Crippen molar-refractivity contribution in [1.82, 2.24) is 4.57 Å². The van der Waals surface area contributed by atoms with E-state index in [1.807, 2.05) is 6.07 Å². The minimum atomic E-state index is -1.86. The SMILES string of the molecule is C[C@](O)(Cn1ccc2c([N+](=O)[O-])cccc21)C(=O)Nc1ccc(C#N)c(CF)c1. The second-order valence-electron chi connectivity index (χ2n) is 6.76. The lowest BCUT2D eigenvalue weighted by molar-refractivity contribution is -0.383. The Hall–Kier alpha value is -3.77. The molecule has 0 spiro atoms. The number of halogens is 1. The van der Waals surface area contributed by atoms with Crippen LogP contribution in [0.15, 0.2) is 48.7 Å². The number of carbonyl (C=O) groups is 1. The van der Waals surface area contributed by atoms with E-state index in [4.69, 9.17) is 5.26 Å². The van der Waals surface area contributed by atoms with Crippen LogP contribution in [-0.4, -0.2) is 26.1 Å². The number of fused-ring (bicyclic) bond motifs is 1. The van der Waals surface area contributed by atoms with Crippen LogP contribution >= 0.6 is 0 Å². The summed E-state index contributed by atoms with van der Waals surface area (Å²) in [5.41, 5.74) is -0.881. The van der Waals surface area contributed by atoms with Crippen LogP contribution in [0.5, 0.6) is 0 Å². The van der Waals surface area contributed by atoms with Gasteiger partial charge in [-0.15, -0.1) is 0 Å². The molecule has 1 atom stereocenters. The predicted octanol–water partition coefficient (Wildman–Crippen LogP) is 3.28. The maximum atomic E-state index is 13.0. The van der Waals surface area contributed by atoms with Gasteiger partial charge in [-0.3, -0.25) is 14.9 Å². The van der Waals surface area contributed by atoms with E-state index in [2.05, 4.69) is 5.32 Å². The van der Waals surface area contributed by atoms with E-state index in [1.165, 1.54) is 37.3 Å². The molecule has 1 heterocycles. The lowest BCUT2D eigenvalue weighted by Crippen LogP contribution is -2.43.